The molecule has 192 valence electrons. The van der Waals surface area contributed by atoms with E-state index in [-0.39, 0.29) is 29.4 Å². The van der Waals surface area contributed by atoms with Gasteiger partial charge in [0.1, 0.15) is 0 Å². The molecule has 0 saturated heterocycles. The molecule has 0 saturated carbocycles. The number of nitrogens with one attached hydrogen (secondary N) is 2. The van der Waals surface area contributed by atoms with Crippen LogP contribution in [-0.2, 0) is 11.8 Å². The van der Waals surface area contributed by atoms with Gasteiger partial charge in [-0.3, -0.25) is 9.59 Å². The average Bonchev–Trinajstić information content (AvgIpc) is 3.18. The number of hydrogen-bond acceptors (Lipinski definition) is 5. The van der Waals surface area contributed by atoms with E-state index in [1.165, 1.54) is 17.8 Å². The zero-order chi connectivity index (χ0) is 26.6. The number of hydrogen-bond donors (Lipinski definition) is 2. The fourth-order valence-electron chi connectivity index (χ4n) is 3.56. The zero-order valence-electron chi connectivity index (χ0n) is 20.6. The predicted octanol–water partition coefficient (Wildman–Crippen LogP) is 6.87. The second kappa shape index (κ2) is 12.4. The normalized spacial score (nSPS) is 12.2. The molecule has 2 N–H and O–H groups in total. The molecule has 0 spiro atoms. The maximum Gasteiger partial charge on any atom is 0.251 e. The summed E-state index contributed by atoms with van der Waals surface area (Å²) in [5.41, 5.74) is 2.25. The van der Waals surface area contributed by atoms with E-state index in [1.54, 1.807) is 16.7 Å². The van der Waals surface area contributed by atoms with E-state index in [0.717, 1.165) is 15.7 Å². The molecule has 3 aromatic rings. The van der Waals surface area contributed by atoms with Gasteiger partial charge in [0.05, 0.1) is 21.8 Å². The summed E-state index contributed by atoms with van der Waals surface area (Å²) in [5.74, 6) is 0.630. The number of anilines is 1. The Morgan fingerprint density at radius 1 is 1.06 bits per heavy atom. The van der Waals surface area contributed by atoms with Crippen molar-refractivity contribution >= 4 is 68.4 Å². The lowest BCUT2D eigenvalue weighted by Crippen LogP contribution is -2.33. The van der Waals surface area contributed by atoms with E-state index in [0.29, 0.717) is 26.6 Å². The third kappa shape index (κ3) is 7.03. The van der Waals surface area contributed by atoms with Gasteiger partial charge in [-0.1, -0.05) is 78.6 Å². The molecule has 11 heteroatoms. The van der Waals surface area contributed by atoms with Crippen molar-refractivity contribution in [1.82, 2.24) is 20.1 Å². The van der Waals surface area contributed by atoms with Crippen molar-refractivity contribution in [3.05, 3.63) is 67.9 Å². The molecule has 3 rings (SSSR count). The number of benzene rings is 2. The van der Waals surface area contributed by atoms with Gasteiger partial charge < -0.3 is 15.2 Å². The first-order valence-corrected chi connectivity index (χ1v) is 13.9. The molecule has 2 amide bonds. The van der Waals surface area contributed by atoms with Gasteiger partial charge in [0.15, 0.2) is 11.0 Å². The summed E-state index contributed by atoms with van der Waals surface area (Å²) >= 11 is 16.8. The number of rotatable bonds is 9. The fourth-order valence-corrected chi connectivity index (χ4v) is 4.95. The maximum atomic E-state index is 12.9. The van der Waals surface area contributed by atoms with E-state index < -0.39 is 6.04 Å². The molecular formula is C25H28BrCl2N5O2S. The SMILES string of the molecule is CC(C)c1cc(Br)ccc1NC(=O)CSc1nnc([C@@H](NC(=O)c2ccc(Cl)c(Cl)c2)C(C)C)n1C. The lowest BCUT2D eigenvalue weighted by atomic mass is 10.0. The van der Waals surface area contributed by atoms with Gasteiger partial charge in [0.2, 0.25) is 5.91 Å². The van der Waals surface area contributed by atoms with E-state index in [9.17, 15) is 9.59 Å². The summed E-state index contributed by atoms with van der Waals surface area (Å²) in [6.07, 6.45) is 0. The van der Waals surface area contributed by atoms with Crippen LogP contribution in [0.25, 0.3) is 0 Å². The monoisotopic (exact) mass is 611 g/mol. The smallest absolute Gasteiger partial charge is 0.251 e. The van der Waals surface area contributed by atoms with Crippen LogP contribution in [0.15, 0.2) is 46.0 Å². The molecule has 1 atom stereocenters. The Bertz CT molecular complexity index is 1270. The highest BCUT2D eigenvalue weighted by atomic mass is 79.9. The minimum atomic E-state index is -0.399. The molecule has 0 aliphatic rings. The number of aromatic nitrogens is 3. The molecule has 0 radical (unpaired) electrons. The Labute approximate surface area is 233 Å². The van der Waals surface area contributed by atoms with Crippen molar-refractivity contribution in [1.29, 1.82) is 0 Å². The number of thioether (sulfide) groups is 1. The third-order valence-electron chi connectivity index (χ3n) is 5.52. The topological polar surface area (TPSA) is 88.9 Å². The number of carbonyl (C=O) groups is 2. The number of halogens is 3. The predicted molar refractivity (Wildman–Crippen MR) is 150 cm³/mol. The highest BCUT2D eigenvalue weighted by Gasteiger charge is 2.26. The summed E-state index contributed by atoms with van der Waals surface area (Å²) in [4.78, 5) is 25.5. The van der Waals surface area contributed by atoms with Crippen molar-refractivity contribution in [3.8, 4) is 0 Å². The van der Waals surface area contributed by atoms with Gasteiger partial charge in [-0.2, -0.15) is 0 Å². The quantitative estimate of drug-likeness (QED) is 0.258. The second-order valence-corrected chi connectivity index (χ2v) is 11.6. The highest BCUT2D eigenvalue weighted by molar-refractivity contribution is 9.10. The van der Waals surface area contributed by atoms with Gasteiger partial charge in [-0.15, -0.1) is 10.2 Å². The number of nitrogens with zero attached hydrogens (tertiary/aromatic N) is 3. The lowest BCUT2D eigenvalue weighted by Gasteiger charge is -2.22. The molecule has 0 fully saturated rings. The van der Waals surface area contributed by atoms with Gasteiger partial charge in [-0.25, -0.2) is 0 Å². The van der Waals surface area contributed by atoms with Crippen molar-refractivity contribution in [2.24, 2.45) is 13.0 Å². The molecule has 7 nitrogen and oxygen atoms in total. The van der Waals surface area contributed by atoms with Crippen LogP contribution in [0, 0.1) is 5.92 Å². The van der Waals surface area contributed by atoms with Crippen LogP contribution in [0.3, 0.4) is 0 Å². The number of amides is 2. The molecule has 0 unspecified atom stereocenters. The Kier molecular flexibility index (Phi) is 9.86. The van der Waals surface area contributed by atoms with Crippen molar-refractivity contribution < 1.29 is 9.59 Å². The zero-order valence-corrected chi connectivity index (χ0v) is 24.5. The van der Waals surface area contributed by atoms with Gasteiger partial charge >= 0.3 is 0 Å². The molecular weight excluding hydrogens is 585 g/mol. The Hall–Kier alpha value is -2.07. The largest absolute Gasteiger partial charge is 0.342 e. The summed E-state index contributed by atoms with van der Waals surface area (Å²) in [6, 6.07) is 10.2. The molecule has 36 heavy (non-hydrogen) atoms. The summed E-state index contributed by atoms with van der Waals surface area (Å²) in [6.45, 7) is 8.13. The standard InChI is InChI=1S/C25H28BrCl2N5O2S/c1-13(2)17-11-16(26)7-9-20(17)29-21(34)12-36-25-32-31-23(33(25)5)22(14(3)4)30-24(35)15-6-8-18(27)19(28)10-15/h6-11,13-14,22H,12H2,1-5H3,(H,29,34)(H,30,35)/t22-/m0/s1. The first-order valence-electron chi connectivity index (χ1n) is 11.3. The Balaban J connectivity index is 1.69. The minimum absolute atomic E-state index is 0.0348. The average molecular weight is 613 g/mol. The first kappa shape index (κ1) is 28.5. The van der Waals surface area contributed by atoms with Crippen molar-refractivity contribution in [2.45, 2.75) is 44.8 Å². The highest BCUT2D eigenvalue weighted by Crippen LogP contribution is 2.29. The molecule has 1 heterocycles. The second-order valence-electron chi connectivity index (χ2n) is 8.95. The Morgan fingerprint density at radius 2 is 1.78 bits per heavy atom. The third-order valence-corrected chi connectivity index (χ3v) is 7.78. The van der Waals surface area contributed by atoms with E-state index in [1.807, 2.05) is 39.1 Å². The molecule has 0 bridgehead atoms. The minimum Gasteiger partial charge on any atom is -0.342 e. The van der Waals surface area contributed by atoms with Crippen molar-refractivity contribution in [3.63, 3.8) is 0 Å². The van der Waals surface area contributed by atoms with Crippen LogP contribution < -0.4 is 10.6 Å². The van der Waals surface area contributed by atoms with Crippen LogP contribution in [0.5, 0.6) is 0 Å². The maximum absolute atomic E-state index is 12.9. The molecule has 0 aliphatic carbocycles. The number of carbonyl (C=O) groups excluding carboxylic acids is 2. The lowest BCUT2D eigenvalue weighted by molar-refractivity contribution is -0.113. The molecule has 2 aromatic carbocycles. The molecule has 0 aliphatic heterocycles. The van der Waals surface area contributed by atoms with Crippen LogP contribution in [0.1, 0.15) is 61.4 Å². The van der Waals surface area contributed by atoms with Crippen LogP contribution >= 0.6 is 50.9 Å². The molecule has 1 aromatic heterocycles. The van der Waals surface area contributed by atoms with Crippen LogP contribution in [0.4, 0.5) is 5.69 Å². The van der Waals surface area contributed by atoms with Gasteiger partial charge in [0.25, 0.3) is 5.91 Å². The van der Waals surface area contributed by atoms with E-state index in [2.05, 4.69) is 50.6 Å². The van der Waals surface area contributed by atoms with Gasteiger partial charge in [0, 0.05) is 22.8 Å². The first-order chi connectivity index (χ1) is 17.0. The van der Waals surface area contributed by atoms with E-state index in [4.69, 9.17) is 23.2 Å². The van der Waals surface area contributed by atoms with Crippen LogP contribution in [-0.4, -0.2) is 32.3 Å². The Morgan fingerprint density at radius 3 is 2.42 bits per heavy atom. The van der Waals surface area contributed by atoms with Gasteiger partial charge in [-0.05, 0) is 53.8 Å². The summed E-state index contributed by atoms with van der Waals surface area (Å²) in [5, 5.41) is 15.9. The summed E-state index contributed by atoms with van der Waals surface area (Å²) in [7, 11) is 1.82. The van der Waals surface area contributed by atoms with Crippen LogP contribution in [0.2, 0.25) is 10.0 Å². The van der Waals surface area contributed by atoms with Crippen molar-refractivity contribution in [2.75, 3.05) is 11.1 Å². The van der Waals surface area contributed by atoms with E-state index >= 15 is 0 Å². The fraction of sp³-hybridized carbons (Fsp3) is 0.360. The summed E-state index contributed by atoms with van der Waals surface area (Å²) < 4.78 is 2.77.